The van der Waals surface area contributed by atoms with Crippen LogP contribution in [0.5, 0.6) is 0 Å². The lowest BCUT2D eigenvalue weighted by molar-refractivity contribution is 0.299. The van der Waals surface area contributed by atoms with E-state index in [0.29, 0.717) is 29.4 Å². The molecule has 1 aromatic carbocycles. The summed E-state index contributed by atoms with van der Waals surface area (Å²) in [5, 5.41) is 11.6. The third-order valence-electron chi connectivity index (χ3n) is 3.22. The highest BCUT2D eigenvalue weighted by Gasteiger charge is 2.23. The van der Waals surface area contributed by atoms with Gasteiger partial charge in [0.25, 0.3) is 0 Å². The molecule has 2 heterocycles. The zero-order valence-corrected chi connectivity index (χ0v) is 16.5. The molecule has 0 fully saturated rings. The Balaban J connectivity index is 1.84. The minimum absolute atomic E-state index is 0.0526. The summed E-state index contributed by atoms with van der Waals surface area (Å²) in [5.41, 5.74) is 0.503. The fourth-order valence-electron chi connectivity index (χ4n) is 2.06. The van der Waals surface area contributed by atoms with Gasteiger partial charge in [-0.25, -0.2) is 27.3 Å². The lowest BCUT2D eigenvalue weighted by atomic mass is 10.3. The summed E-state index contributed by atoms with van der Waals surface area (Å²) in [6, 6.07) is 3.99. The van der Waals surface area contributed by atoms with Crippen LogP contribution in [0, 0.1) is 5.82 Å². The SMILES string of the molecule is O=c1onc(-c2nonc2SCCCNS(=O)O)n1-c1ccc(F)c(Br)c1. The standard InChI is InChI=1S/C13H11BrFN5O5S2/c14-8-6-7(2-3-9(8)15)20-11(18-24-13(20)21)10-12(19-25-17-10)26-5-1-4-16-27(22)23/h2-3,6,16H,1,4-5H2,(H,22,23). The van der Waals surface area contributed by atoms with Crippen molar-refractivity contribution in [1.29, 1.82) is 0 Å². The second kappa shape index (κ2) is 8.88. The van der Waals surface area contributed by atoms with Crippen LogP contribution < -0.4 is 10.5 Å². The maximum atomic E-state index is 13.5. The number of aromatic nitrogens is 4. The van der Waals surface area contributed by atoms with E-state index in [1.807, 2.05) is 0 Å². The number of hydrogen-bond acceptors (Lipinski definition) is 8. The summed E-state index contributed by atoms with van der Waals surface area (Å²) in [4.78, 5) is 12.1. The molecule has 0 aliphatic rings. The lowest BCUT2D eigenvalue weighted by Crippen LogP contribution is -2.17. The summed E-state index contributed by atoms with van der Waals surface area (Å²) < 4.78 is 45.8. The van der Waals surface area contributed by atoms with Crippen molar-refractivity contribution < 1.29 is 22.3 Å². The van der Waals surface area contributed by atoms with Crippen molar-refractivity contribution in [3.63, 3.8) is 0 Å². The molecule has 0 aliphatic heterocycles. The zero-order valence-electron chi connectivity index (χ0n) is 13.3. The van der Waals surface area contributed by atoms with Crippen molar-refractivity contribution in [3.05, 3.63) is 39.0 Å². The molecule has 3 aromatic rings. The van der Waals surface area contributed by atoms with Crippen LogP contribution in [0.15, 0.2) is 41.6 Å². The third-order valence-corrected chi connectivity index (χ3v) is 5.31. The zero-order chi connectivity index (χ0) is 19.4. The Morgan fingerprint density at radius 1 is 1.37 bits per heavy atom. The van der Waals surface area contributed by atoms with Gasteiger partial charge in [-0.2, -0.15) is 0 Å². The number of rotatable bonds is 8. The number of thioether (sulfide) groups is 1. The largest absolute Gasteiger partial charge is 0.446 e. The van der Waals surface area contributed by atoms with E-state index in [1.54, 1.807) is 0 Å². The van der Waals surface area contributed by atoms with Gasteiger partial charge in [-0.1, -0.05) is 5.16 Å². The Bertz CT molecular complexity index is 1020. The summed E-state index contributed by atoms with van der Waals surface area (Å²) in [7, 11) is 0. The van der Waals surface area contributed by atoms with E-state index in [9.17, 15) is 13.4 Å². The second-order valence-corrected chi connectivity index (χ2v) is 7.69. The van der Waals surface area contributed by atoms with Crippen LogP contribution in [0.4, 0.5) is 4.39 Å². The van der Waals surface area contributed by atoms with Crippen LogP contribution in [-0.2, 0) is 11.3 Å². The molecule has 3 rings (SSSR count). The molecule has 0 bridgehead atoms. The summed E-state index contributed by atoms with van der Waals surface area (Å²) in [5.74, 6) is -0.675. The van der Waals surface area contributed by atoms with Crippen LogP contribution >= 0.6 is 27.7 Å². The molecule has 144 valence electrons. The number of nitrogens with zero attached hydrogens (tertiary/aromatic N) is 4. The van der Waals surface area contributed by atoms with Gasteiger partial charge in [0.05, 0.1) is 10.2 Å². The van der Waals surface area contributed by atoms with E-state index in [4.69, 9.17) is 13.7 Å². The van der Waals surface area contributed by atoms with Gasteiger partial charge in [-0.3, -0.25) is 9.08 Å². The van der Waals surface area contributed by atoms with E-state index < -0.39 is 22.8 Å². The highest BCUT2D eigenvalue weighted by molar-refractivity contribution is 9.10. The maximum absolute atomic E-state index is 13.5. The normalized spacial score (nSPS) is 12.4. The molecule has 1 unspecified atom stereocenters. The van der Waals surface area contributed by atoms with E-state index in [-0.39, 0.29) is 16.0 Å². The first-order valence-corrected chi connectivity index (χ1v) is 10.2. The minimum Gasteiger partial charge on any atom is -0.295 e. The molecule has 1 atom stereocenters. The van der Waals surface area contributed by atoms with Gasteiger partial charge in [-0.15, -0.1) is 11.8 Å². The highest BCUT2D eigenvalue weighted by Crippen LogP contribution is 2.29. The molecule has 0 amide bonds. The van der Waals surface area contributed by atoms with Gasteiger partial charge in [-0.05, 0) is 50.9 Å². The Morgan fingerprint density at radius 3 is 2.93 bits per heavy atom. The predicted octanol–water partition coefficient (Wildman–Crippen LogP) is 1.99. The van der Waals surface area contributed by atoms with Crippen molar-refractivity contribution in [2.45, 2.75) is 11.4 Å². The summed E-state index contributed by atoms with van der Waals surface area (Å²) in [6.45, 7) is 0.328. The molecule has 10 nitrogen and oxygen atoms in total. The quantitative estimate of drug-likeness (QED) is 0.282. The average molecular weight is 480 g/mol. The monoisotopic (exact) mass is 479 g/mol. The number of benzene rings is 1. The van der Waals surface area contributed by atoms with Gasteiger partial charge >= 0.3 is 5.76 Å². The molecule has 0 spiro atoms. The summed E-state index contributed by atoms with van der Waals surface area (Å²) in [6.07, 6.45) is 0.569. The van der Waals surface area contributed by atoms with Gasteiger partial charge in [0, 0.05) is 12.3 Å². The molecule has 0 radical (unpaired) electrons. The fourth-order valence-corrected chi connectivity index (χ4v) is 3.58. The van der Waals surface area contributed by atoms with E-state index in [0.717, 1.165) is 4.57 Å². The molecule has 0 saturated carbocycles. The first-order valence-electron chi connectivity index (χ1n) is 7.31. The second-order valence-electron chi connectivity index (χ2n) is 4.97. The fraction of sp³-hybridized carbons (Fsp3) is 0.231. The first kappa shape index (κ1) is 19.9. The molecule has 0 saturated heterocycles. The predicted molar refractivity (Wildman–Crippen MR) is 97.2 cm³/mol. The number of hydrogen-bond donors (Lipinski definition) is 2. The third kappa shape index (κ3) is 4.70. The average Bonchev–Trinajstić information content (AvgIpc) is 3.23. The van der Waals surface area contributed by atoms with Gasteiger partial charge in [0.2, 0.25) is 17.1 Å². The topological polar surface area (TPSA) is 136 Å². The molecular weight excluding hydrogens is 469 g/mol. The highest BCUT2D eigenvalue weighted by atomic mass is 79.9. The van der Waals surface area contributed by atoms with Crippen LogP contribution in [-0.4, -0.2) is 41.1 Å². The molecule has 2 aromatic heterocycles. The van der Waals surface area contributed by atoms with Crippen molar-refractivity contribution in [2.75, 3.05) is 12.3 Å². The van der Waals surface area contributed by atoms with Crippen LogP contribution in [0.2, 0.25) is 0 Å². The van der Waals surface area contributed by atoms with Crippen molar-refractivity contribution >= 4 is 39.0 Å². The Morgan fingerprint density at radius 2 is 2.19 bits per heavy atom. The van der Waals surface area contributed by atoms with E-state index >= 15 is 0 Å². The van der Waals surface area contributed by atoms with E-state index in [2.05, 4.69) is 36.1 Å². The van der Waals surface area contributed by atoms with Crippen molar-refractivity contribution in [2.24, 2.45) is 0 Å². The van der Waals surface area contributed by atoms with Gasteiger partial charge in [0.15, 0.2) is 10.7 Å². The van der Waals surface area contributed by atoms with Gasteiger partial charge in [0.1, 0.15) is 5.82 Å². The Hall–Kier alpha value is -1.87. The molecular formula is C13H11BrFN5O5S2. The van der Waals surface area contributed by atoms with Crippen molar-refractivity contribution in [1.82, 2.24) is 24.8 Å². The number of nitrogens with one attached hydrogen (secondary N) is 1. The smallest absolute Gasteiger partial charge is 0.295 e. The molecule has 27 heavy (non-hydrogen) atoms. The van der Waals surface area contributed by atoms with Crippen LogP contribution in [0.1, 0.15) is 6.42 Å². The summed E-state index contributed by atoms with van der Waals surface area (Å²) >= 11 is 2.27. The van der Waals surface area contributed by atoms with Crippen LogP contribution in [0.3, 0.4) is 0 Å². The Labute approximate surface area is 166 Å². The molecule has 14 heteroatoms. The molecule has 0 aliphatic carbocycles. The maximum Gasteiger partial charge on any atom is 0.446 e. The molecule has 2 N–H and O–H groups in total. The van der Waals surface area contributed by atoms with Crippen LogP contribution in [0.25, 0.3) is 17.2 Å². The number of halogens is 2. The van der Waals surface area contributed by atoms with Crippen molar-refractivity contribution in [3.8, 4) is 17.2 Å². The van der Waals surface area contributed by atoms with Gasteiger partial charge < -0.3 is 0 Å². The first-order chi connectivity index (χ1) is 13.0. The lowest BCUT2D eigenvalue weighted by Gasteiger charge is -2.04. The van der Waals surface area contributed by atoms with E-state index in [1.165, 1.54) is 30.0 Å². The Kier molecular flexibility index (Phi) is 6.54. The minimum atomic E-state index is -2.06.